The molecule has 0 rings (SSSR count). The van der Waals surface area contributed by atoms with Gasteiger partial charge in [-0.2, -0.15) is 16.8 Å². The van der Waals surface area contributed by atoms with Gasteiger partial charge < -0.3 is 33.3 Å². The number of carbonyl (C=O) groups excluding carboxylic acids is 1. The second kappa shape index (κ2) is 30.8. The zero-order chi connectivity index (χ0) is 35.9. The van der Waals surface area contributed by atoms with Gasteiger partial charge >= 0.3 is 0 Å². The van der Waals surface area contributed by atoms with Crippen LogP contribution < -0.4 is 0 Å². The van der Waals surface area contributed by atoms with Crippen LogP contribution >= 0.6 is 0 Å². The standard InChI is InChI=1S/C32H65NO13S2/c1-4-6-8-10-12-14-22-43-31(28-41-20-16-26-47(35,36)37)45-24-18-33(30(3)34)19-25-46-32(29-42-21-17-27-48(38,39)40)44-23-15-13-11-9-7-5-2/h31-32H,4-29H2,1-3H3,(H,35,36,37)(H,38,39,40). The minimum absolute atomic E-state index is 0.0757. The van der Waals surface area contributed by atoms with Gasteiger partial charge in [0.05, 0.1) is 37.9 Å². The van der Waals surface area contributed by atoms with E-state index in [4.69, 9.17) is 37.5 Å². The number of unbranched alkanes of at least 4 members (excludes halogenated alkanes) is 10. The number of hydrogen-bond donors (Lipinski definition) is 2. The van der Waals surface area contributed by atoms with Crippen LogP contribution in [0.25, 0.3) is 0 Å². The van der Waals surface area contributed by atoms with Crippen molar-refractivity contribution in [1.82, 2.24) is 4.90 Å². The Balaban J connectivity index is 4.80. The molecule has 48 heavy (non-hydrogen) atoms. The molecule has 14 nitrogen and oxygen atoms in total. The molecular weight excluding hydrogens is 670 g/mol. The first-order chi connectivity index (χ1) is 22.9. The lowest BCUT2D eigenvalue weighted by atomic mass is 10.1. The quantitative estimate of drug-likeness (QED) is 0.0506. The van der Waals surface area contributed by atoms with Gasteiger partial charge in [0.1, 0.15) is 0 Å². The highest BCUT2D eigenvalue weighted by Crippen LogP contribution is 2.09. The first-order valence-electron chi connectivity index (χ1n) is 17.7. The van der Waals surface area contributed by atoms with Crippen molar-refractivity contribution >= 4 is 26.1 Å². The van der Waals surface area contributed by atoms with E-state index in [0.717, 1.165) is 38.5 Å². The Hall–Kier alpha value is -0.950. The van der Waals surface area contributed by atoms with Crippen LogP contribution in [0.3, 0.4) is 0 Å². The van der Waals surface area contributed by atoms with Crippen molar-refractivity contribution in [3.63, 3.8) is 0 Å². The first-order valence-corrected chi connectivity index (χ1v) is 20.9. The Morgan fingerprint density at radius 2 is 0.896 bits per heavy atom. The van der Waals surface area contributed by atoms with Gasteiger partial charge in [-0.15, -0.1) is 0 Å². The van der Waals surface area contributed by atoms with Crippen LogP contribution in [0.1, 0.15) is 111 Å². The molecule has 0 aliphatic rings. The molecule has 1 amide bonds. The lowest BCUT2D eigenvalue weighted by molar-refractivity contribution is -0.181. The van der Waals surface area contributed by atoms with Crippen LogP contribution in [0, 0.1) is 0 Å². The van der Waals surface area contributed by atoms with E-state index >= 15 is 0 Å². The monoisotopic (exact) mass is 735 g/mol. The molecule has 2 unspecified atom stereocenters. The fourth-order valence-corrected chi connectivity index (χ4v) is 5.51. The average molecular weight is 736 g/mol. The number of ether oxygens (including phenoxy) is 6. The van der Waals surface area contributed by atoms with Gasteiger partial charge in [-0.25, -0.2) is 0 Å². The topological polar surface area (TPSA) is 184 Å². The smallest absolute Gasteiger partial charge is 0.264 e. The fraction of sp³-hybridized carbons (Fsp3) is 0.969. The zero-order valence-corrected chi connectivity index (χ0v) is 31.3. The Bertz CT molecular complexity index is 897. The van der Waals surface area contributed by atoms with Gasteiger partial charge in [-0.05, 0) is 25.7 Å². The van der Waals surface area contributed by atoms with Gasteiger partial charge in [-0.3, -0.25) is 13.9 Å². The SMILES string of the molecule is CCCCCCCCOC(COCCCS(=O)(=O)O)OCCN(CCOC(COCCCS(=O)(=O)O)OCCCCCCCC)C(C)=O. The maximum absolute atomic E-state index is 12.3. The number of rotatable bonds is 36. The van der Waals surface area contributed by atoms with Gasteiger partial charge in [0.15, 0.2) is 12.6 Å². The van der Waals surface area contributed by atoms with Crippen LogP contribution in [0.2, 0.25) is 0 Å². The number of hydrogen-bond acceptors (Lipinski definition) is 11. The molecule has 0 bridgehead atoms. The van der Waals surface area contributed by atoms with Gasteiger partial charge in [0, 0.05) is 46.4 Å². The van der Waals surface area contributed by atoms with Crippen LogP contribution in [0.15, 0.2) is 0 Å². The predicted molar refractivity (Wildman–Crippen MR) is 184 cm³/mol. The molecule has 0 heterocycles. The Kier molecular flexibility index (Phi) is 30.2. The number of nitrogens with zero attached hydrogens (tertiary/aromatic N) is 1. The minimum atomic E-state index is -4.05. The van der Waals surface area contributed by atoms with Crippen LogP contribution in [-0.2, 0) is 53.5 Å². The molecular formula is C32H65NO13S2. The summed E-state index contributed by atoms with van der Waals surface area (Å²) in [4.78, 5) is 13.9. The molecule has 0 saturated heterocycles. The maximum atomic E-state index is 12.3. The summed E-state index contributed by atoms with van der Waals surface area (Å²) in [5.74, 6) is -0.949. The van der Waals surface area contributed by atoms with Crippen molar-refractivity contribution in [1.29, 1.82) is 0 Å². The van der Waals surface area contributed by atoms with Crippen molar-refractivity contribution in [3.8, 4) is 0 Å². The number of carbonyl (C=O) groups is 1. The van der Waals surface area contributed by atoms with E-state index in [1.807, 2.05) is 0 Å². The van der Waals surface area contributed by atoms with Gasteiger partial charge in [0.2, 0.25) is 5.91 Å². The average Bonchev–Trinajstić information content (AvgIpc) is 3.00. The maximum Gasteiger partial charge on any atom is 0.264 e. The third-order valence-electron chi connectivity index (χ3n) is 7.27. The highest BCUT2D eigenvalue weighted by molar-refractivity contribution is 7.86. The Labute approximate surface area is 290 Å². The molecule has 0 aliphatic heterocycles. The minimum Gasteiger partial charge on any atom is -0.376 e. The van der Waals surface area contributed by atoms with E-state index in [1.54, 1.807) is 4.90 Å². The van der Waals surface area contributed by atoms with E-state index in [-0.39, 0.29) is 71.5 Å². The normalized spacial score (nSPS) is 13.5. The summed E-state index contributed by atoms with van der Waals surface area (Å²) in [7, 11) is -8.11. The molecule has 0 saturated carbocycles. The summed E-state index contributed by atoms with van der Waals surface area (Å²) in [6.07, 6.45) is 12.1. The van der Waals surface area contributed by atoms with Gasteiger partial charge in [0.25, 0.3) is 20.2 Å². The van der Waals surface area contributed by atoms with E-state index in [1.165, 1.54) is 45.4 Å². The van der Waals surface area contributed by atoms with Crippen molar-refractivity contribution in [2.45, 2.75) is 123 Å². The van der Waals surface area contributed by atoms with Crippen LogP contribution in [0.5, 0.6) is 0 Å². The lowest BCUT2D eigenvalue weighted by Crippen LogP contribution is -2.38. The van der Waals surface area contributed by atoms with E-state index in [2.05, 4.69) is 13.8 Å². The van der Waals surface area contributed by atoms with Gasteiger partial charge in [-0.1, -0.05) is 78.1 Å². The molecule has 2 atom stereocenters. The van der Waals surface area contributed by atoms with Crippen molar-refractivity contribution < 1.29 is 59.2 Å². The fourth-order valence-electron chi connectivity index (χ4n) is 4.54. The van der Waals surface area contributed by atoms with E-state index in [9.17, 15) is 21.6 Å². The second-order valence-corrected chi connectivity index (χ2v) is 15.0. The van der Waals surface area contributed by atoms with Crippen molar-refractivity contribution in [3.05, 3.63) is 0 Å². The van der Waals surface area contributed by atoms with E-state index < -0.39 is 44.3 Å². The molecule has 0 aromatic rings. The molecule has 0 fully saturated rings. The highest BCUT2D eigenvalue weighted by atomic mass is 32.2. The zero-order valence-electron chi connectivity index (χ0n) is 29.7. The van der Waals surface area contributed by atoms with Crippen LogP contribution in [-0.4, -0.2) is 127 Å². The molecule has 288 valence electrons. The lowest BCUT2D eigenvalue weighted by Gasteiger charge is -2.25. The molecule has 16 heteroatoms. The number of amides is 1. The molecule has 2 N–H and O–H groups in total. The Morgan fingerprint density at radius 3 is 1.25 bits per heavy atom. The molecule has 0 aromatic carbocycles. The third-order valence-corrected chi connectivity index (χ3v) is 8.88. The second-order valence-electron chi connectivity index (χ2n) is 11.8. The molecule has 0 spiro atoms. The molecule has 0 aliphatic carbocycles. The summed E-state index contributed by atoms with van der Waals surface area (Å²) in [6, 6.07) is 0. The summed E-state index contributed by atoms with van der Waals surface area (Å²) in [5, 5.41) is 0. The first kappa shape index (κ1) is 47.0. The third kappa shape index (κ3) is 33.5. The van der Waals surface area contributed by atoms with Crippen molar-refractivity contribution in [2.24, 2.45) is 0 Å². The van der Waals surface area contributed by atoms with E-state index in [0.29, 0.717) is 13.2 Å². The summed E-state index contributed by atoms with van der Waals surface area (Å²) in [6.45, 7) is 8.02. The van der Waals surface area contributed by atoms with Crippen LogP contribution in [0.4, 0.5) is 0 Å². The predicted octanol–water partition coefficient (Wildman–Crippen LogP) is 4.86. The highest BCUT2D eigenvalue weighted by Gasteiger charge is 2.16. The Morgan fingerprint density at radius 1 is 0.542 bits per heavy atom. The summed E-state index contributed by atoms with van der Waals surface area (Å²) < 4.78 is 96.2. The molecule has 0 aromatic heterocycles. The summed E-state index contributed by atoms with van der Waals surface area (Å²) >= 11 is 0. The molecule has 0 radical (unpaired) electrons. The van der Waals surface area contributed by atoms with Crippen molar-refractivity contribution in [2.75, 3.05) is 77.5 Å². The largest absolute Gasteiger partial charge is 0.376 e. The summed E-state index contributed by atoms with van der Waals surface area (Å²) in [5.41, 5.74) is 0.